The molecule has 0 aromatic heterocycles. The lowest BCUT2D eigenvalue weighted by atomic mass is 10.1. The van der Waals surface area contributed by atoms with E-state index in [2.05, 4.69) is 0 Å². The van der Waals surface area contributed by atoms with E-state index in [0.717, 1.165) is 11.1 Å². The van der Waals surface area contributed by atoms with Gasteiger partial charge in [-0.1, -0.05) is 23.8 Å². The number of rotatable bonds is 4. The third kappa shape index (κ3) is 2.42. The molecular weight excluding hydrogens is 340 g/mol. The lowest BCUT2D eigenvalue weighted by Crippen LogP contribution is -2.39. The summed E-state index contributed by atoms with van der Waals surface area (Å²) in [7, 11) is -3.59. The SMILES string of the molecule is Cc1ccc(S(=O)(=O)[C@@H]2[C@H](c3ccc4c(c3)OCO4)[C@]2(N)CN)cc1. The van der Waals surface area contributed by atoms with Gasteiger partial charge in [0.2, 0.25) is 6.79 Å². The Morgan fingerprint density at radius 3 is 2.48 bits per heavy atom. The van der Waals surface area contributed by atoms with Gasteiger partial charge in [0, 0.05) is 12.5 Å². The number of benzene rings is 2. The van der Waals surface area contributed by atoms with Crippen molar-refractivity contribution in [2.75, 3.05) is 13.3 Å². The molecule has 6 nitrogen and oxygen atoms in total. The van der Waals surface area contributed by atoms with E-state index in [4.69, 9.17) is 20.9 Å². The topological polar surface area (TPSA) is 105 Å². The minimum Gasteiger partial charge on any atom is -0.454 e. The van der Waals surface area contributed by atoms with Gasteiger partial charge in [-0.3, -0.25) is 0 Å². The molecule has 4 rings (SSSR count). The van der Waals surface area contributed by atoms with Crippen molar-refractivity contribution < 1.29 is 17.9 Å². The van der Waals surface area contributed by atoms with Gasteiger partial charge in [-0.25, -0.2) is 8.42 Å². The van der Waals surface area contributed by atoms with Gasteiger partial charge in [0.05, 0.1) is 15.7 Å². The lowest BCUT2D eigenvalue weighted by Gasteiger charge is -2.09. The maximum absolute atomic E-state index is 13.1. The van der Waals surface area contributed by atoms with Crippen molar-refractivity contribution >= 4 is 9.84 Å². The summed E-state index contributed by atoms with van der Waals surface area (Å²) in [5.74, 6) is 0.881. The van der Waals surface area contributed by atoms with Crippen molar-refractivity contribution in [3.05, 3.63) is 53.6 Å². The molecule has 3 atom stereocenters. The van der Waals surface area contributed by atoms with Gasteiger partial charge in [0.25, 0.3) is 0 Å². The quantitative estimate of drug-likeness (QED) is 0.852. The maximum atomic E-state index is 13.1. The molecular formula is C18H20N2O4S. The molecule has 4 N–H and O–H groups in total. The Bertz CT molecular complexity index is 927. The summed E-state index contributed by atoms with van der Waals surface area (Å²) in [6.45, 7) is 2.16. The van der Waals surface area contributed by atoms with Crippen LogP contribution < -0.4 is 20.9 Å². The molecule has 1 fully saturated rings. The third-order valence-electron chi connectivity index (χ3n) is 5.10. The van der Waals surface area contributed by atoms with Crippen LogP contribution in [0.4, 0.5) is 0 Å². The summed E-state index contributed by atoms with van der Waals surface area (Å²) < 4.78 is 36.9. The zero-order valence-corrected chi connectivity index (χ0v) is 14.6. The second kappa shape index (κ2) is 5.45. The smallest absolute Gasteiger partial charge is 0.231 e. The molecule has 0 spiro atoms. The van der Waals surface area contributed by atoms with E-state index in [9.17, 15) is 8.42 Å². The van der Waals surface area contributed by atoms with Crippen LogP contribution in [0, 0.1) is 6.92 Å². The first kappa shape index (κ1) is 16.4. The van der Waals surface area contributed by atoms with Gasteiger partial charge < -0.3 is 20.9 Å². The molecule has 0 saturated heterocycles. The zero-order chi connectivity index (χ0) is 17.8. The number of nitrogens with two attached hydrogens (primary N) is 2. The summed E-state index contributed by atoms with van der Waals surface area (Å²) >= 11 is 0. The molecule has 0 bridgehead atoms. The Morgan fingerprint density at radius 1 is 1.12 bits per heavy atom. The fraction of sp³-hybridized carbons (Fsp3) is 0.333. The van der Waals surface area contributed by atoms with Crippen molar-refractivity contribution in [2.24, 2.45) is 11.5 Å². The molecule has 0 unspecified atom stereocenters. The molecule has 1 aliphatic heterocycles. The summed E-state index contributed by atoms with van der Waals surface area (Å²) in [6.07, 6.45) is 0. The maximum Gasteiger partial charge on any atom is 0.231 e. The summed E-state index contributed by atoms with van der Waals surface area (Å²) in [5.41, 5.74) is 13.1. The number of sulfone groups is 1. The first-order valence-corrected chi connectivity index (χ1v) is 9.61. The summed E-state index contributed by atoms with van der Waals surface area (Å²) in [6, 6.07) is 12.2. The summed E-state index contributed by atoms with van der Waals surface area (Å²) in [4.78, 5) is 0.273. The monoisotopic (exact) mass is 360 g/mol. The van der Waals surface area contributed by atoms with E-state index in [0.29, 0.717) is 11.5 Å². The van der Waals surface area contributed by atoms with Crippen LogP contribution >= 0.6 is 0 Å². The Morgan fingerprint density at radius 2 is 1.80 bits per heavy atom. The van der Waals surface area contributed by atoms with Gasteiger partial charge in [-0.05, 0) is 36.8 Å². The fourth-order valence-corrected chi connectivity index (χ4v) is 5.92. The van der Waals surface area contributed by atoms with Crippen molar-refractivity contribution in [1.29, 1.82) is 0 Å². The van der Waals surface area contributed by atoms with Crippen LogP contribution in [0.25, 0.3) is 0 Å². The number of ether oxygens (including phenoxy) is 2. The van der Waals surface area contributed by atoms with Crippen molar-refractivity contribution in [3.63, 3.8) is 0 Å². The Kier molecular flexibility index (Phi) is 3.57. The van der Waals surface area contributed by atoms with E-state index >= 15 is 0 Å². The number of fused-ring (bicyclic) bond motifs is 1. The van der Waals surface area contributed by atoms with Crippen LogP contribution in [0.3, 0.4) is 0 Å². The Balaban J connectivity index is 1.73. The average molecular weight is 360 g/mol. The highest BCUT2D eigenvalue weighted by Gasteiger charge is 2.68. The standard InChI is InChI=1S/C18H20N2O4S/c1-11-2-5-13(6-3-11)25(21,22)17-16(18(17,20)9-19)12-4-7-14-15(8-12)24-10-23-14/h2-8,16-17H,9-10,19-20H2,1H3/t16-,17+,18+/m0/s1. The molecule has 1 heterocycles. The minimum absolute atomic E-state index is 0.0852. The van der Waals surface area contributed by atoms with Crippen LogP contribution in [-0.4, -0.2) is 32.5 Å². The van der Waals surface area contributed by atoms with E-state index in [1.807, 2.05) is 13.0 Å². The van der Waals surface area contributed by atoms with Crippen molar-refractivity contribution in [2.45, 2.75) is 28.5 Å². The largest absolute Gasteiger partial charge is 0.454 e. The molecule has 2 aromatic carbocycles. The first-order chi connectivity index (χ1) is 11.9. The molecule has 132 valence electrons. The zero-order valence-electron chi connectivity index (χ0n) is 13.8. The molecule has 2 aliphatic rings. The molecule has 2 aromatic rings. The minimum atomic E-state index is -3.59. The van der Waals surface area contributed by atoms with Crippen molar-refractivity contribution in [1.82, 2.24) is 0 Å². The van der Waals surface area contributed by atoms with Crippen molar-refractivity contribution in [3.8, 4) is 11.5 Å². The molecule has 7 heteroatoms. The molecule has 0 amide bonds. The van der Waals surface area contributed by atoms with Crippen LogP contribution in [-0.2, 0) is 9.84 Å². The summed E-state index contributed by atoms with van der Waals surface area (Å²) in [5, 5.41) is -0.756. The van der Waals surface area contributed by atoms with Crippen LogP contribution in [0.1, 0.15) is 17.0 Å². The van der Waals surface area contributed by atoms with Crippen LogP contribution in [0.15, 0.2) is 47.4 Å². The molecule has 25 heavy (non-hydrogen) atoms. The first-order valence-electron chi connectivity index (χ1n) is 8.07. The van der Waals surface area contributed by atoms with Gasteiger partial charge in [-0.2, -0.15) is 0 Å². The Labute approximate surface area is 146 Å². The lowest BCUT2D eigenvalue weighted by molar-refractivity contribution is 0.174. The van der Waals surface area contributed by atoms with Gasteiger partial charge in [0.1, 0.15) is 0 Å². The van der Waals surface area contributed by atoms with Gasteiger partial charge in [-0.15, -0.1) is 0 Å². The fourth-order valence-electron chi connectivity index (χ4n) is 3.60. The molecule has 1 aliphatic carbocycles. The van der Waals surface area contributed by atoms with Crippen LogP contribution in [0.5, 0.6) is 11.5 Å². The predicted molar refractivity (Wildman–Crippen MR) is 93.4 cm³/mol. The average Bonchev–Trinajstić information content (AvgIpc) is 2.99. The highest BCUT2D eigenvalue weighted by atomic mass is 32.2. The highest BCUT2D eigenvalue weighted by molar-refractivity contribution is 7.92. The third-order valence-corrected chi connectivity index (χ3v) is 7.40. The number of aryl methyl sites for hydroxylation is 1. The van der Waals surface area contributed by atoms with E-state index in [-0.39, 0.29) is 24.2 Å². The predicted octanol–water partition coefficient (Wildman–Crippen LogP) is 1.32. The van der Waals surface area contributed by atoms with E-state index < -0.39 is 20.6 Å². The van der Waals surface area contributed by atoms with Gasteiger partial charge in [0.15, 0.2) is 21.3 Å². The second-order valence-corrected chi connectivity index (χ2v) is 8.75. The number of hydrogen-bond acceptors (Lipinski definition) is 6. The number of hydrogen-bond donors (Lipinski definition) is 2. The normalized spacial score (nSPS) is 27.3. The van der Waals surface area contributed by atoms with Crippen LogP contribution in [0.2, 0.25) is 0 Å². The Hall–Kier alpha value is -2.09. The molecule has 0 radical (unpaired) electrons. The second-order valence-electron chi connectivity index (χ2n) is 6.69. The van der Waals surface area contributed by atoms with E-state index in [1.54, 1.807) is 36.4 Å². The highest BCUT2D eigenvalue weighted by Crippen LogP contribution is 2.56. The molecule has 1 saturated carbocycles. The van der Waals surface area contributed by atoms with Gasteiger partial charge >= 0.3 is 0 Å². The van der Waals surface area contributed by atoms with E-state index in [1.165, 1.54) is 0 Å².